The minimum Gasteiger partial charge on any atom is -0.324 e. The number of nitrogens with zero attached hydrogens (tertiary/aromatic N) is 1. The summed E-state index contributed by atoms with van der Waals surface area (Å²) >= 11 is 0. The minimum atomic E-state index is -0.244. The predicted molar refractivity (Wildman–Crippen MR) is 82.0 cm³/mol. The third-order valence-electron chi connectivity index (χ3n) is 4.06. The van der Waals surface area contributed by atoms with Gasteiger partial charge in [-0.05, 0) is 36.1 Å². The quantitative estimate of drug-likeness (QED) is 0.777. The molecule has 1 fully saturated rings. The third-order valence-corrected chi connectivity index (χ3v) is 4.06. The standard InChI is InChI=1S/C17H14FN3O/c18-13-6-2-1-5-10(13)11-9-12(11)16(22)21-17-19-14-7-3-4-8-15(14)20-17/h1-8,11-12H,9H2,(H2,19,20,21,22). The zero-order valence-electron chi connectivity index (χ0n) is 11.7. The highest BCUT2D eigenvalue weighted by atomic mass is 19.1. The molecule has 1 aliphatic rings. The van der Waals surface area contributed by atoms with E-state index in [0.717, 1.165) is 11.0 Å². The number of aromatic amines is 1. The lowest BCUT2D eigenvalue weighted by Crippen LogP contribution is -2.15. The average molecular weight is 295 g/mol. The van der Waals surface area contributed by atoms with Crippen LogP contribution < -0.4 is 5.32 Å². The highest BCUT2D eigenvalue weighted by Gasteiger charge is 2.45. The monoisotopic (exact) mass is 295 g/mol. The van der Waals surface area contributed by atoms with Gasteiger partial charge >= 0.3 is 0 Å². The summed E-state index contributed by atoms with van der Waals surface area (Å²) in [5.41, 5.74) is 2.30. The molecule has 0 aliphatic heterocycles. The summed E-state index contributed by atoms with van der Waals surface area (Å²) in [5, 5.41) is 2.78. The van der Waals surface area contributed by atoms with E-state index >= 15 is 0 Å². The number of para-hydroxylation sites is 2. The highest BCUT2D eigenvalue weighted by Crippen LogP contribution is 2.48. The largest absolute Gasteiger partial charge is 0.324 e. The molecule has 22 heavy (non-hydrogen) atoms. The summed E-state index contributed by atoms with van der Waals surface area (Å²) in [6.07, 6.45) is 0.674. The van der Waals surface area contributed by atoms with E-state index in [4.69, 9.17) is 0 Å². The molecule has 1 aliphatic carbocycles. The van der Waals surface area contributed by atoms with Crippen molar-refractivity contribution in [2.45, 2.75) is 12.3 Å². The van der Waals surface area contributed by atoms with Crippen LogP contribution in [-0.2, 0) is 4.79 Å². The van der Waals surface area contributed by atoms with E-state index in [0.29, 0.717) is 17.9 Å². The maximum absolute atomic E-state index is 13.7. The molecule has 2 N–H and O–H groups in total. The van der Waals surface area contributed by atoms with Gasteiger partial charge in [0.1, 0.15) is 5.82 Å². The van der Waals surface area contributed by atoms with Crippen molar-refractivity contribution in [2.75, 3.05) is 5.32 Å². The first kappa shape index (κ1) is 13.0. The van der Waals surface area contributed by atoms with Crippen LogP contribution in [0.25, 0.3) is 11.0 Å². The molecule has 0 radical (unpaired) electrons. The number of hydrogen-bond donors (Lipinski definition) is 2. The number of carbonyl (C=O) groups excluding carboxylic acids is 1. The predicted octanol–water partition coefficient (Wildman–Crippen LogP) is 3.44. The van der Waals surface area contributed by atoms with E-state index in [1.54, 1.807) is 18.2 Å². The molecule has 1 heterocycles. The molecule has 5 heteroatoms. The van der Waals surface area contributed by atoms with Crippen LogP contribution >= 0.6 is 0 Å². The van der Waals surface area contributed by atoms with Gasteiger partial charge in [-0.1, -0.05) is 30.3 Å². The average Bonchev–Trinajstić information content (AvgIpc) is 3.20. The van der Waals surface area contributed by atoms with Gasteiger partial charge in [0.05, 0.1) is 11.0 Å². The van der Waals surface area contributed by atoms with E-state index in [-0.39, 0.29) is 23.6 Å². The van der Waals surface area contributed by atoms with Gasteiger partial charge in [0.15, 0.2) is 0 Å². The maximum atomic E-state index is 13.7. The van der Waals surface area contributed by atoms with Crippen molar-refractivity contribution >= 4 is 22.9 Å². The molecule has 3 aromatic rings. The summed E-state index contributed by atoms with van der Waals surface area (Å²) in [6, 6.07) is 14.2. The molecular weight excluding hydrogens is 281 g/mol. The topological polar surface area (TPSA) is 57.8 Å². The van der Waals surface area contributed by atoms with E-state index in [9.17, 15) is 9.18 Å². The number of imidazole rings is 1. The number of carbonyl (C=O) groups is 1. The van der Waals surface area contributed by atoms with Crippen LogP contribution in [0.15, 0.2) is 48.5 Å². The fourth-order valence-corrected chi connectivity index (χ4v) is 2.83. The van der Waals surface area contributed by atoms with Gasteiger partial charge in [-0.15, -0.1) is 0 Å². The molecular formula is C17H14FN3O. The number of aromatic nitrogens is 2. The molecule has 2 atom stereocenters. The molecule has 4 nitrogen and oxygen atoms in total. The van der Waals surface area contributed by atoms with Crippen molar-refractivity contribution in [2.24, 2.45) is 5.92 Å². The van der Waals surface area contributed by atoms with Crippen LogP contribution in [0.3, 0.4) is 0 Å². The lowest BCUT2D eigenvalue weighted by molar-refractivity contribution is -0.117. The lowest BCUT2D eigenvalue weighted by Gasteiger charge is -2.02. The van der Waals surface area contributed by atoms with Crippen molar-refractivity contribution in [1.29, 1.82) is 0 Å². The highest BCUT2D eigenvalue weighted by molar-refractivity contribution is 5.95. The van der Waals surface area contributed by atoms with Gasteiger partial charge in [0.2, 0.25) is 11.9 Å². The molecule has 0 saturated heterocycles. The van der Waals surface area contributed by atoms with Gasteiger partial charge in [0, 0.05) is 5.92 Å². The second kappa shape index (κ2) is 4.94. The van der Waals surface area contributed by atoms with Gasteiger partial charge in [-0.25, -0.2) is 9.37 Å². The molecule has 0 bridgehead atoms. The Kier molecular flexibility index (Phi) is 2.92. The van der Waals surface area contributed by atoms with Crippen LogP contribution in [0.1, 0.15) is 17.9 Å². The summed E-state index contributed by atoms with van der Waals surface area (Å²) in [7, 11) is 0. The fourth-order valence-electron chi connectivity index (χ4n) is 2.83. The normalized spacial score (nSPS) is 20.0. The molecule has 2 aromatic carbocycles. The number of H-pyrrole nitrogens is 1. The van der Waals surface area contributed by atoms with Crippen LogP contribution in [-0.4, -0.2) is 15.9 Å². The fraction of sp³-hybridized carbons (Fsp3) is 0.176. The molecule has 1 amide bonds. The van der Waals surface area contributed by atoms with Crippen molar-refractivity contribution in [3.63, 3.8) is 0 Å². The lowest BCUT2D eigenvalue weighted by atomic mass is 10.1. The van der Waals surface area contributed by atoms with Gasteiger partial charge in [-0.3, -0.25) is 10.1 Å². The van der Waals surface area contributed by atoms with E-state index < -0.39 is 0 Å². The van der Waals surface area contributed by atoms with Gasteiger partial charge in [0.25, 0.3) is 0 Å². The van der Waals surface area contributed by atoms with Crippen LogP contribution in [0.4, 0.5) is 10.3 Å². The van der Waals surface area contributed by atoms with E-state index in [1.807, 2.05) is 24.3 Å². The van der Waals surface area contributed by atoms with Gasteiger partial charge in [-0.2, -0.15) is 0 Å². The number of anilines is 1. The first-order valence-electron chi connectivity index (χ1n) is 7.22. The van der Waals surface area contributed by atoms with Crippen molar-refractivity contribution in [3.05, 3.63) is 59.9 Å². The van der Waals surface area contributed by atoms with Crippen molar-refractivity contribution in [1.82, 2.24) is 9.97 Å². The molecule has 4 rings (SSSR count). The van der Waals surface area contributed by atoms with E-state index in [2.05, 4.69) is 15.3 Å². The minimum absolute atomic E-state index is 0.0365. The summed E-state index contributed by atoms with van der Waals surface area (Å²) in [4.78, 5) is 19.6. The maximum Gasteiger partial charge on any atom is 0.230 e. The SMILES string of the molecule is O=C(Nc1nc2ccccc2[nH]1)C1CC1c1ccccc1F. The smallest absolute Gasteiger partial charge is 0.230 e. The Bertz CT molecular complexity index is 825. The number of benzene rings is 2. The molecule has 1 saturated carbocycles. The van der Waals surface area contributed by atoms with Crippen molar-refractivity contribution in [3.8, 4) is 0 Å². The van der Waals surface area contributed by atoms with Crippen LogP contribution in [0, 0.1) is 11.7 Å². The summed E-state index contributed by atoms with van der Waals surface area (Å²) < 4.78 is 13.7. The number of rotatable bonds is 3. The Balaban J connectivity index is 1.48. The number of hydrogen-bond acceptors (Lipinski definition) is 2. The van der Waals surface area contributed by atoms with Crippen LogP contribution in [0.5, 0.6) is 0 Å². The second-order valence-electron chi connectivity index (χ2n) is 5.56. The number of fused-ring (bicyclic) bond motifs is 1. The number of amides is 1. The zero-order valence-corrected chi connectivity index (χ0v) is 11.7. The summed E-state index contributed by atoms with van der Waals surface area (Å²) in [5.74, 6) is -0.153. The molecule has 110 valence electrons. The Hall–Kier alpha value is -2.69. The first-order chi connectivity index (χ1) is 10.7. The second-order valence-corrected chi connectivity index (χ2v) is 5.56. The van der Waals surface area contributed by atoms with E-state index in [1.165, 1.54) is 6.07 Å². The Labute approximate surface area is 126 Å². The molecule has 2 unspecified atom stereocenters. The van der Waals surface area contributed by atoms with Crippen molar-refractivity contribution < 1.29 is 9.18 Å². The van der Waals surface area contributed by atoms with Gasteiger partial charge < -0.3 is 4.98 Å². The summed E-state index contributed by atoms with van der Waals surface area (Å²) in [6.45, 7) is 0. The molecule has 1 aromatic heterocycles. The third kappa shape index (κ3) is 2.24. The Morgan fingerprint density at radius 1 is 1.18 bits per heavy atom. The Morgan fingerprint density at radius 2 is 1.95 bits per heavy atom. The number of nitrogens with one attached hydrogen (secondary N) is 2. The first-order valence-corrected chi connectivity index (χ1v) is 7.22. The van der Waals surface area contributed by atoms with Crippen LogP contribution in [0.2, 0.25) is 0 Å². The number of halogens is 1. The Morgan fingerprint density at radius 3 is 2.77 bits per heavy atom. The zero-order chi connectivity index (χ0) is 15.1. The molecule has 0 spiro atoms.